The Hall–Kier alpha value is -1.20. The minimum atomic E-state index is -0.873. The van der Waals surface area contributed by atoms with E-state index in [1.165, 1.54) is 11.8 Å². The standard InChI is InChI=1S/C15H21NO3S/c1-10-8-16(9-15(2,3)19-10)11-6-5-7-12(20-4)13(11)14(17)18/h5-7,10H,8-9H2,1-4H3,(H,17,18). The van der Waals surface area contributed by atoms with Crippen molar-refractivity contribution < 1.29 is 14.6 Å². The zero-order valence-corrected chi connectivity index (χ0v) is 13.2. The van der Waals surface area contributed by atoms with Gasteiger partial charge in [-0.25, -0.2) is 4.79 Å². The van der Waals surface area contributed by atoms with Crippen molar-refractivity contribution in [2.45, 2.75) is 37.4 Å². The number of morpholine rings is 1. The molecule has 0 aromatic heterocycles. The van der Waals surface area contributed by atoms with Gasteiger partial charge in [0.25, 0.3) is 0 Å². The summed E-state index contributed by atoms with van der Waals surface area (Å²) in [4.78, 5) is 14.5. The Balaban J connectivity index is 2.44. The van der Waals surface area contributed by atoms with E-state index in [9.17, 15) is 9.90 Å². The number of thioether (sulfide) groups is 1. The van der Waals surface area contributed by atoms with Gasteiger partial charge in [0.15, 0.2) is 0 Å². The van der Waals surface area contributed by atoms with Crippen molar-refractivity contribution >= 4 is 23.4 Å². The predicted molar refractivity (Wildman–Crippen MR) is 82.0 cm³/mol. The van der Waals surface area contributed by atoms with Crippen LogP contribution in [0.25, 0.3) is 0 Å². The molecule has 0 saturated carbocycles. The summed E-state index contributed by atoms with van der Waals surface area (Å²) in [7, 11) is 0. The van der Waals surface area contributed by atoms with E-state index in [-0.39, 0.29) is 11.7 Å². The molecule has 2 rings (SSSR count). The molecule has 0 spiro atoms. The molecule has 4 nitrogen and oxygen atoms in total. The van der Waals surface area contributed by atoms with Crippen molar-refractivity contribution in [3.63, 3.8) is 0 Å². The van der Waals surface area contributed by atoms with Gasteiger partial charge in [0.1, 0.15) is 0 Å². The Kier molecular flexibility index (Phi) is 4.30. The quantitative estimate of drug-likeness (QED) is 0.868. The number of aromatic carboxylic acids is 1. The van der Waals surface area contributed by atoms with Crippen LogP contribution < -0.4 is 4.90 Å². The molecule has 5 heteroatoms. The first kappa shape index (κ1) is 15.2. The smallest absolute Gasteiger partial charge is 0.338 e. The molecule has 1 aromatic rings. The Morgan fingerprint density at radius 3 is 2.75 bits per heavy atom. The van der Waals surface area contributed by atoms with Gasteiger partial charge in [-0.3, -0.25) is 0 Å². The van der Waals surface area contributed by atoms with Crippen LogP contribution in [0.5, 0.6) is 0 Å². The Morgan fingerprint density at radius 2 is 2.20 bits per heavy atom. The minimum absolute atomic E-state index is 0.0818. The number of hydrogen-bond donors (Lipinski definition) is 1. The first-order chi connectivity index (χ1) is 9.34. The van der Waals surface area contributed by atoms with E-state index in [1.54, 1.807) is 0 Å². The average molecular weight is 295 g/mol. The molecule has 0 radical (unpaired) electrons. The lowest BCUT2D eigenvalue weighted by molar-refractivity contribution is -0.0750. The van der Waals surface area contributed by atoms with Crippen LogP contribution >= 0.6 is 11.8 Å². The van der Waals surface area contributed by atoms with Crippen molar-refractivity contribution in [1.29, 1.82) is 0 Å². The monoisotopic (exact) mass is 295 g/mol. The highest BCUT2D eigenvalue weighted by Gasteiger charge is 2.33. The molecule has 1 aromatic carbocycles. The second kappa shape index (κ2) is 5.66. The Labute approximate surface area is 124 Å². The summed E-state index contributed by atoms with van der Waals surface area (Å²) in [6, 6.07) is 5.66. The summed E-state index contributed by atoms with van der Waals surface area (Å²) in [5.41, 5.74) is 0.903. The number of carboxylic acids is 1. The number of nitrogens with zero attached hydrogens (tertiary/aromatic N) is 1. The fraction of sp³-hybridized carbons (Fsp3) is 0.533. The molecule has 0 amide bonds. The molecule has 0 aliphatic carbocycles. The second-order valence-corrected chi connectivity index (χ2v) is 6.58. The number of hydrogen-bond acceptors (Lipinski definition) is 4. The lowest BCUT2D eigenvalue weighted by Gasteiger charge is -2.43. The molecule has 1 unspecified atom stereocenters. The van der Waals surface area contributed by atoms with Crippen LogP contribution in [-0.4, -0.2) is 42.1 Å². The first-order valence-corrected chi connectivity index (χ1v) is 7.89. The number of rotatable bonds is 3. The summed E-state index contributed by atoms with van der Waals surface area (Å²) in [6.45, 7) is 7.49. The highest BCUT2D eigenvalue weighted by Crippen LogP contribution is 2.33. The number of carboxylic acid groups (broad SMARTS) is 1. The second-order valence-electron chi connectivity index (χ2n) is 5.73. The van der Waals surface area contributed by atoms with E-state index in [1.807, 2.05) is 45.2 Å². The lowest BCUT2D eigenvalue weighted by Crippen LogP contribution is -2.52. The largest absolute Gasteiger partial charge is 0.478 e. The highest BCUT2D eigenvalue weighted by molar-refractivity contribution is 7.98. The van der Waals surface area contributed by atoms with Gasteiger partial charge >= 0.3 is 5.97 Å². The van der Waals surface area contributed by atoms with Crippen LogP contribution in [0.2, 0.25) is 0 Å². The lowest BCUT2D eigenvalue weighted by atomic mass is 10.0. The third-order valence-corrected chi connectivity index (χ3v) is 4.13. The molecule has 110 valence electrons. The topological polar surface area (TPSA) is 49.8 Å². The number of ether oxygens (including phenoxy) is 1. The van der Waals surface area contributed by atoms with E-state index >= 15 is 0 Å². The summed E-state index contributed by atoms with van der Waals surface area (Å²) in [6.07, 6.45) is 1.98. The fourth-order valence-electron chi connectivity index (χ4n) is 2.81. The van der Waals surface area contributed by atoms with E-state index in [0.29, 0.717) is 18.7 Å². The average Bonchev–Trinajstić information content (AvgIpc) is 2.35. The van der Waals surface area contributed by atoms with Crippen LogP contribution in [-0.2, 0) is 4.74 Å². The van der Waals surface area contributed by atoms with Crippen LogP contribution in [0, 0.1) is 0 Å². The minimum Gasteiger partial charge on any atom is -0.478 e. The molecule has 1 N–H and O–H groups in total. The van der Waals surface area contributed by atoms with Crippen molar-refractivity contribution in [2.24, 2.45) is 0 Å². The molecule has 1 saturated heterocycles. The molecular formula is C15H21NO3S. The third kappa shape index (κ3) is 3.10. The molecule has 0 bridgehead atoms. The molecule has 1 atom stereocenters. The molecule has 1 fully saturated rings. The van der Waals surface area contributed by atoms with Crippen molar-refractivity contribution in [3.8, 4) is 0 Å². The predicted octanol–water partition coefficient (Wildman–Crippen LogP) is 3.11. The summed E-state index contributed by atoms with van der Waals surface area (Å²) in [5, 5.41) is 9.53. The Morgan fingerprint density at radius 1 is 1.50 bits per heavy atom. The SMILES string of the molecule is CSc1cccc(N2CC(C)OC(C)(C)C2)c1C(=O)O. The molecule has 20 heavy (non-hydrogen) atoms. The van der Waals surface area contributed by atoms with Gasteiger partial charge in [-0.15, -0.1) is 11.8 Å². The summed E-state index contributed by atoms with van der Waals surface area (Å²) in [5.74, 6) is -0.873. The summed E-state index contributed by atoms with van der Waals surface area (Å²) >= 11 is 1.46. The number of carbonyl (C=O) groups is 1. The van der Waals surface area contributed by atoms with Gasteiger partial charge in [0, 0.05) is 18.0 Å². The van der Waals surface area contributed by atoms with E-state index in [4.69, 9.17) is 4.74 Å². The molecule has 1 aliphatic rings. The zero-order valence-electron chi connectivity index (χ0n) is 12.3. The van der Waals surface area contributed by atoms with Crippen molar-refractivity contribution in [3.05, 3.63) is 23.8 Å². The van der Waals surface area contributed by atoms with Crippen LogP contribution in [0.4, 0.5) is 5.69 Å². The van der Waals surface area contributed by atoms with E-state index in [2.05, 4.69) is 4.90 Å². The normalized spacial score (nSPS) is 21.8. The van der Waals surface area contributed by atoms with Gasteiger partial charge in [-0.2, -0.15) is 0 Å². The van der Waals surface area contributed by atoms with Gasteiger partial charge in [-0.1, -0.05) is 6.07 Å². The Bertz CT molecular complexity index is 516. The van der Waals surface area contributed by atoms with Crippen molar-refractivity contribution in [1.82, 2.24) is 0 Å². The third-order valence-electron chi connectivity index (χ3n) is 3.35. The summed E-state index contributed by atoms with van der Waals surface area (Å²) < 4.78 is 5.89. The highest BCUT2D eigenvalue weighted by atomic mass is 32.2. The molecular weight excluding hydrogens is 274 g/mol. The number of anilines is 1. The van der Waals surface area contributed by atoms with Crippen LogP contribution in [0.3, 0.4) is 0 Å². The maximum atomic E-state index is 11.6. The van der Waals surface area contributed by atoms with Crippen LogP contribution in [0.15, 0.2) is 23.1 Å². The first-order valence-electron chi connectivity index (χ1n) is 6.67. The molecule has 1 aliphatic heterocycles. The van der Waals surface area contributed by atoms with E-state index < -0.39 is 5.97 Å². The molecule has 1 heterocycles. The van der Waals surface area contributed by atoms with Crippen molar-refractivity contribution in [2.75, 3.05) is 24.2 Å². The van der Waals surface area contributed by atoms with Crippen LogP contribution in [0.1, 0.15) is 31.1 Å². The fourth-order valence-corrected chi connectivity index (χ4v) is 3.42. The number of benzene rings is 1. The maximum Gasteiger partial charge on any atom is 0.338 e. The maximum absolute atomic E-state index is 11.6. The van der Waals surface area contributed by atoms with Gasteiger partial charge in [0.2, 0.25) is 0 Å². The van der Waals surface area contributed by atoms with Gasteiger partial charge < -0.3 is 14.7 Å². The van der Waals surface area contributed by atoms with Gasteiger partial charge in [0.05, 0.1) is 23.0 Å². The zero-order chi connectivity index (χ0) is 14.9. The van der Waals surface area contributed by atoms with Gasteiger partial charge in [-0.05, 0) is 39.2 Å². The van der Waals surface area contributed by atoms with E-state index in [0.717, 1.165) is 10.6 Å².